The standard InChI is InChI=1S/C17H13F3NO2/c18-17(19,20)13-6-3-5-12(10-13)16-15(22)9-8-11-4-1-2-7-14(11)21(16)23/h1-7,10,16H,8-9H2/q+1. The number of carbonyl (C=O) groups is 1. The Hall–Kier alpha value is -2.50. The van der Waals surface area contributed by atoms with Crippen LogP contribution in [-0.4, -0.2) is 10.5 Å². The minimum atomic E-state index is -4.52. The van der Waals surface area contributed by atoms with E-state index in [1.807, 2.05) is 0 Å². The maximum absolute atomic E-state index is 12.9. The Kier molecular flexibility index (Phi) is 3.75. The molecule has 118 valence electrons. The first-order valence-electron chi connectivity index (χ1n) is 7.12. The number of aryl methyl sites for hydroxylation is 1. The van der Waals surface area contributed by atoms with Gasteiger partial charge in [0.25, 0.3) is 11.7 Å². The first kappa shape index (κ1) is 15.4. The van der Waals surface area contributed by atoms with E-state index in [1.165, 1.54) is 12.1 Å². The number of hydrogen-bond acceptors (Lipinski definition) is 2. The first-order valence-corrected chi connectivity index (χ1v) is 7.12. The number of rotatable bonds is 1. The van der Waals surface area contributed by atoms with E-state index in [4.69, 9.17) is 0 Å². The van der Waals surface area contributed by atoms with Crippen LogP contribution in [0.3, 0.4) is 0 Å². The van der Waals surface area contributed by atoms with Gasteiger partial charge in [0.15, 0.2) is 0 Å². The van der Waals surface area contributed by atoms with Crippen LogP contribution in [0.4, 0.5) is 18.9 Å². The molecule has 0 saturated carbocycles. The van der Waals surface area contributed by atoms with Gasteiger partial charge in [-0.2, -0.15) is 13.2 Å². The fraction of sp³-hybridized carbons (Fsp3) is 0.235. The zero-order chi connectivity index (χ0) is 16.6. The molecule has 0 aromatic heterocycles. The van der Waals surface area contributed by atoms with Crippen molar-refractivity contribution in [1.29, 1.82) is 0 Å². The molecule has 0 aliphatic carbocycles. The number of ketones is 1. The summed E-state index contributed by atoms with van der Waals surface area (Å²) in [5.74, 6) is -0.379. The lowest BCUT2D eigenvalue weighted by atomic mass is 9.98. The van der Waals surface area contributed by atoms with Crippen LogP contribution in [0.5, 0.6) is 0 Å². The molecule has 0 radical (unpaired) electrons. The molecule has 1 aliphatic rings. The van der Waals surface area contributed by atoms with Crippen molar-refractivity contribution in [3.8, 4) is 0 Å². The van der Waals surface area contributed by atoms with E-state index < -0.39 is 17.8 Å². The second-order valence-electron chi connectivity index (χ2n) is 5.45. The fourth-order valence-electron chi connectivity index (χ4n) is 2.81. The number of nitrogens with zero attached hydrogens (tertiary/aromatic N) is 1. The lowest BCUT2D eigenvalue weighted by molar-refractivity contribution is -0.496. The molecule has 6 heteroatoms. The van der Waals surface area contributed by atoms with Crippen LogP contribution >= 0.6 is 0 Å². The van der Waals surface area contributed by atoms with E-state index in [9.17, 15) is 22.9 Å². The first-order chi connectivity index (χ1) is 10.9. The van der Waals surface area contributed by atoms with Crippen molar-refractivity contribution in [3.63, 3.8) is 0 Å². The molecule has 2 aromatic rings. The maximum Gasteiger partial charge on any atom is 0.416 e. The zero-order valence-corrected chi connectivity index (χ0v) is 12.0. The normalized spacial score (nSPS) is 18.5. The van der Waals surface area contributed by atoms with Crippen molar-refractivity contribution in [2.45, 2.75) is 25.1 Å². The summed E-state index contributed by atoms with van der Waals surface area (Å²) in [5, 5.41) is 0. The summed E-state index contributed by atoms with van der Waals surface area (Å²) in [6.07, 6.45) is -3.99. The molecule has 1 atom stereocenters. The molecule has 3 nitrogen and oxygen atoms in total. The van der Waals surface area contributed by atoms with Crippen LogP contribution in [0.25, 0.3) is 0 Å². The van der Waals surface area contributed by atoms with Crippen LogP contribution in [0.2, 0.25) is 0 Å². The zero-order valence-electron chi connectivity index (χ0n) is 12.0. The van der Waals surface area contributed by atoms with Gasteiger partial charge >= 0.3 is 6.18 Å². The largest absolute Gasteiger partial charge is 0.416 e. The number of nitroso groups, excluding NO2 is 1. The predicted molar refractivity (Wildman–Crippen MR) is 77.2 cm³/mol. The van der Waals surface area contributed by atoms with Crippen molar-refractivity contribution < 1.29 is 22.7 Å². The summed E-state index contributed by atoms with van der Waals surface area (Å²) in [6, 6.07) is 9.93. The van der Waals surface area contributed by atoms with Crippen LogP contribution in [0, 0.1) is 4.91 Å². The van der Waals surface area contributed by atoms with Gasteiger partial charge in [-0.05, 0) is 18.6 Å². The molecule has 3 rings (SSSR count). The van der Waals surface area contributed by atoms with Gasteiger partial charge < -0.3 is 0 Å². The van der Waals surface area contributed by atoms with Gasteiger partial charge in [0.05, 0.1) is 10.3 Å². The van der Waals surface area contributed by atoms with Crippen molar-refractivity contribution in [2.24, 2.45) is 0 Å². The Labute approximate surface area is 130 Å². The highest BCUT2D eigenvalue weighted by Crippen LogP contribution is 2.36. The molecule has 0 N–H and O–H groups in total. The number of hydrogen-bond donors (Lipinski definition) is 0. The highest BCUT2D eigenvalue weighted by molar-refractivity contribution is 5.85. The summed E-state index contributed by atoms with van der Waals surface area (Å²) in [4.78, 5) is 25.0. The Morgan fingerprint density at radius 3 is 2.48 bits per heavy atom. The molecule has 1 aliphatic heterocycles. The van der Waals surface area contributed by atoms with Crippen LogP contribution in [-0.2, 0) is 17.4 Å². The third-order valence-corrected chi connectivity index (χ3v) is 3.94. The summed E-state index contributed by atoms with van der Waals surface area (Å²) in [7, 11) is 0. The highest BCUT2D eigenvalue weighted by atomic mass is 19.4. The summed E-state index contributed by atoms with van der Waals surface area (Å²) in [5.41, 5.74) is 0.261. The second kappa shape index (κ2) is 5.61. The van der Waals surface area contributed by atoms with Crippen LogP contribution in [0.1, 0.15) is 29.2 Å². The third-order valence-electron chi connectivity index (χ3n) is 3.94. The predicted octanol–water partition coefficient (Wildman–Crippen LogP) is 4.37. The van der Waals surface area contributed by atoms with Crippen molar-refractivity contribution in [3.05, 3.63) is 70.1 Å². The molecule has 0 spiro atoms. The number of Topliss-reactive ketones (excluding diaryl/α,β-unsaturated/α-hetero) is 1. The van der Waals surface area contributed by atoms with Gasteiger partial charge in [0.1, 0.15) is 0 Å². The average Bonchev–Trinajstić information content (AvgIpc) is 2.64. The van der Waals surface area contributed by atoms with Gasteiger partial charge in [-0.25, -0.2) is 0 Å². The van der Waals surface area contributed by atoms with Gasteiger partial charge in [0, 0.05) is 28.5 Å². The Bertz CT molecular complexity index is 783. The number of alkyl halides is 3. The second-order valence-corrected chi connectivity index (χ2v) is 5.45. The fourth-order valence-corrected chi connectivity index (χ4v) is 2.81. The molecule has 1 heterocycles. The highest BCUT2D eigenvalue weighted by Gasteiger charge is 2.41. The number of halogens is 3. The van der Waals surface area contributed by atoms with E-state index in [-0.39, 0.29) is 17.8 Å². The monoisotopic (exact) mass is 320 g/mol. The third kappa shape index (κ3) is 2.88. The Balaban J connectivity index is 2.08. The van der Waals surface area contributed by atoms with E-state index in [1.54, 1.807) is 24.3 Å². The van der Waals surface area contributed by atoms with E-state index in [0.29, 0.717) is 16.9 Å². The van der Waals surface area contributed by atoms with Gasteiger partial charge in [0.2, 0.25) is 5.78 Å². The Morgan fingerprint density at radius 2 is 1.74 bits per heavy atom. The summed E-state index contributed by atoms with van der Waals surface area (Å²) in [6.45, 7) is 0. The topological polar surface area (TPSA) is 37.1 Å². The number of benzene rings is 2. The Morgan fingerprint density at radius 1 is 1.00 bits per heavy atom. The molecule has 0 saturated heterocycles. The molecule has 0 fully saturated rings. The maximum atomic E-state index is 12.9. The van der Waals surface area contributed by atoms with Crippen molar-refractivity contribution in [1.82, 2.24) is 0 Å². The van der Waals surface area contributed by atoms with E-state index >= 15 is 0 Å². The molecule has 0 bridgehead atoms. The van der Waals surface area contributed by atoms with Crippen molar-refractivity contribution >= 4 is 11.5 Å². The van der Waals surface area contributed by atoms with Gasteiger partial charge in [-0.1, -0.05) is 30.3 Å². The molecule has 1 unspecified atom stereocenters. The molecule has 23 heavy (non-hydrogen) atoms. The number of fused-ring (bicyclic) bond motifs is 1. The lowest BCUT2D eigenvalue weighted by Gasteiger charge is -2.10. The SMILES string of the molecule is O=C1CCc2ccccc2[N+](=O)C1c1cccc(C(F)(F)F)c1. The molecular weight excluding hydrogens is 307 g/mol. The molecule has 0 amide bonds. The van der Waals surface area contributed by atoms with Crippen LogP contribution < -0.4 is 0 Å². The number of para-hydroxylation sites is 1. The molecular formula is C17H13F3NO2+. The molecule has 2 aromatic carbocycles. The van der Waals surface area contributed by atoms with Crippen molar-refractivity contribution in [2.75, 3.05) is 0 Å². The van der Waals surface area contributed by atoms with E-state index in [0.717, 1.165) is 17.7 Å². The van der Waals surface area contributed by atoms with Crippen LogP contribution in [0.15, 0.2) is 48.5 Å². The lowest BCUT2D eigenvalue weighted by Crippen LogP contribution is -2.21. The average molecular weight is 320 g/mol. The summed E-state index contributed by atoms with van der Waals surface area (Å²) < 4.78 is 39.1. The smallest absolute Gasteiger partial charge is 0.292 e. The van der Waals surface area contributed by atoms with E-state index in [2.05, 4.69) is 0 Å². The van der Waals surface area contributed by atoms with Gasteiger partial charge in [-0.15, -0.1) is 0 Å². The minimum Gasteiger partial charge on any atom is -0.292 e. The number of carbonyl (C=O) groups excluding carboxylic acids is 1. The summed E-state index contributed by atoms with van der Waals surface area (Å²) >= 11 is 0. The van der Waals surface area contributed by atoms with Gasteiger partial charge in [-0.3, -0.25) is 4.79 Å². The minimum absolute atomic E-state index is 0.0662. The quantitative estimate of drug-likeness (QED) is 0.732.